The van der Waals surface area contributed by atoms with E-state index in [-0.39, 0.29) is 5.92 Å². The zero-order chi connectivity index (χ0) is 14.7. The smallest absolute Gasteiger partial charge is 0.161 e. The minimum Gasteiger partial charge on any atom is -0.493 e. The summed E-state index contributed by atoms with van der Waals surface area (Å²) < 4.78 is 10.5. The van der Waals surface area contributed by atoms with E-state index in [1.807, 2.05) is 32.0 Å². The predicted molar refractivity (Wildman–Crippen MR) is 79.7 cm³/mol. The first kappa shape index (κ1) is 14.6. The van der Waals surface area contributed by atoms with Gasteiger partial charge in [0.2, 0.25) is 0 Å². The summed E-state index contributed by atoms with van der Waals surface area (Å²) in [6.45, 7) is 4.06. The van der Waals surface area contributed by atoms with Crippen molar-refractivity contribution in [2.24, 2.45) is 0 Å². The Balaban J connectivity index is 2.51. The highest BCUT2D eigenvalue weighted by Crippen LogP contribution is 2.32. The highest BCUT2D eigenvalue weighted by Gasteiger charge is 2.11. The van der Waals surface area contributed by atoms with Crippen LogP contribution in [0.2, 0.25) is 5.15 Å². The molecule has 106 valence electrons. The summed E-state index contributed by atoms with van der Waals surface area (Å²) in [6, 6.07) is 7.39. The molecule has 1 aromatic heterocycles. The average molecular weight is 293 g/mol. The zero-order valence-corrected chi connectivity index (χ0v) is 12.7. The summed E-state index contributed by atoms with van der Waals surface area (Å²) >= 11 is 6.07. The van der Waals surface area contributed by atoms with Crippen molar-refractivity contribution in [3.8, 4) is 22.8 Å². The molecule has 0 radical (unpaired) electrons. The fourth-order valence-corrected chi connectivity index (χ4v) is 2.03. The van der Waals surface area contributed by atoms with Crippen LogP contribution in [0.3, 0.4) is 0 Å². The van der Waals surface area contributed by atoms with Crippen LogP contribution in [0.1, 0.15) is 25.6 Å². The number of aromatic nitrogens is 2. The van der Waals surface area contributed by atoms with Gasteiger partial charge in [-0.05, 0) is 18.2 Å². The molecule has 0 aliphatic carbocycles. The molecule has 1 aromatic carbocycles. The number of benzene rings is 1. The molecule has 2 aromatic rings. The highest BCUT2D eigenvalue weighted by atomic mass is 35.5. The SMILES string of the molecule is COc1ccc(-c2cc(Cl)nc(C(C)C)n2)cc1OC. The van der Waals surface area contributed by atoms with Gasteiger partial charge in [0.05, 0.1) is 19.9 Å². The first-order chi connectivity index (χ1) is 9.55. The van der Waals surface area contributed by atoms with Gasteiger partial charge in [-0.3, -0.25) is 0 Å². The van der Waals surface area contributed by atoms with Crippen molar-refractivity contribution in [3.05, 3.63) is 35.2 Å². The van der Waals surface area contributed by atoms with Crippen molar-refractivity contribution in [2.45, 2.75) is 19.8 Å². The van der Waals surface area contributed by atoms with Crippen molar-refractivity contribution < 1.29 is 9.47 Å². The Hall–Kier alpha value is -1.81. The molecule has 0 spiro atoms. The topological polar surface area (TPSA) is 44.2 Å². The molecule has 0 saturated heterocycles. The minimum atomic E-state index is 0.215. The summed E-state index contributed by atoms with van der Waals surface area (Å²) in [7, 11) is 3.21. The van der Waals surface area contributed by atoms with Crippen LogP contribution in [0, 0.1) is 0 Å². The fourth-order valence-electron chi connectivity index (χ4n) is 1.84. The van der Waals surface area contributed by atoms with Crippen LogP contribution in [0.5, 0.6) is 11.5 Å². The standard InChI is InChI=1S/C15H17ClN2O2/c1-9(2)15-17-11(8-14(16)18-15)10-5-6-12(19-3)13(7-10)20-4/h5-9H,1-4H3. The Morgan fingerprint density at radius 1 is 1.00 bits per heavy atom. The molecule has 0 atom stereocenters. The molecule has 0 bridgehead atoms. The van der Waals surface area contributed by atoms with Crippen LogP contribution < -0.4 is 9.47 Å². The quantitative estimate of drug-likeness (QED) is 0.801. The van der Waals surface area contributed by atoms with Gasteiger partial charge < -0.3 is 9.47 Å². The molecule has 0 unspecified atom stereocenters. The molecule has 0 aliphatic rings. The van der Waals surface area contributed by atoms with Crippen LogP contribution in [-0.2, 0) is 0 Å². The number of rotatable bonds is 4. The monoisotopic (exact) mass is 292 g/mol. The summed E-state index contributed by atoms with van der Waals surface area (Å²) in [5, 5.41) is 0.438. The molecule has 5 heteroatoms. The molecule has 4 nitrogen and oxygen atoms in total. The van der Waals surface area contributed by atoms with E-state index >= 15 is 0 Å². The number of hydrogen-bond acceptors (Lipinski definition) is 4. The molecule has 0 amide bonds. The van der Waals surface area contributed by atoms with Gasteiger partial charge in [0.25, 0.3) is 0 Å². The normalized spacial score (nSPS) is 10.7. The van der Waals surface area contributed by atoms with E-state index in [1.54, 1.807) is 20.3 Å². The third-order valence-corrected chi connectivity index (χ3v) is 3.10. The second kappa shape index (κ2) is 6.09. The molecule has 0 aliphatic heterocycles. The lowest BCUT2D eigenvalue weighted by atomic mass is 10.1. The van der Waals surface area contributed by atoms with Gasteiger partial charge in [-0.1, -0.05) is 25.4 Å². The van der Waals surface area contributed by atoms with Crippen LogP contribution >= 0.6 is 11.6 Å². The van der Waals surface area contributed by atoms with Crippen molar-refractivity contribution in [2.75, 3.05) is 14.2 Å². The van der Waals surface area contributed by atoms with E-state index in [2.05, 4.69) is 9.97 Å². The lowest BCUT2D eigenvalue weighted by molar-refractivity contribution is 0.355. The highest BCUT2D eigenvalue weighted by molar-refractivity contribution is 6.29. The summed E-state index contributed by atoms with van der Waals surface area (Å²) in [6.07, 6.45) is 0. The Bertz CT molecular complexity index is 615. The van der Waals surface area contributed by atoms with Crippen molar-refractivity contribution in [1.29, 1.82) is 0 Å². The maximum atomic E-state index is 6.07. The zero-order valence-electron chi connectivity index (χ0n) is 12.0. The van der Waals surface area contributed by atoms with Gasteiger partial charge >= 0.3 is 0 Å². The van der Waals surface area contributed by atoms with Crippen molar-refractivity contribution in [1.82, 2.24) is 9.97 Å². The lowest BCUT2D eigenvalue weighted by Gasteiger charge is -2.11. The maximum Gasteiger partial charge on any atom is 0.161 e. The number of hydrogen-bond donors (Lipinski definition) is 0. The van der Waals surface area contributed by atoms with Gasteiger partial charge in [0.1, 0.15) is 11.0 Å². The van der Waals surface area contributed by atoms with Crippen LogP contribution in [0.15, 0.2) is 24.3 Å². The second-order valence-electron chi connectivity index (χ2n) is 4.66. The van der Waals surface area contributed by atoms with E-state index < -0.39 is 0 Å². The molecule has 20 heavy (non-hydrogen) atoms. The first-order valence-electron chi connectivity index (χ1n) is 6.32. The van der Waals surface area contributed by atoms with Crippen LogP contribution in [0.4, 0.5) is 0 Å². The van der Waals surface area contributed by atoms with Crippen LogP contribution in [-0.4, -0.2) is 24.2 Å². The summed E-state index contributed by atoms with van der Waals surface area (Å²) in [5.41, 5.74) is 1.68. The van der Waals surface area contributed by atoms with Gasteiger partial charge in [-0.2, -0.15) is 0 Å². The lowest BCUT2D eigenvalue weighted by Crippen LogP contribution is -1.99. The van der Waals surface area contributed by atoms with Crippen molar-refractivity contribution >= 4 is 11.6 Å². The summed E-state index contributed by atoms with van der Waals surface area (Å²) in [4.78, 5) is 8.78. The second-order valence-corrected chi connectivity index (χ2v) is 5.05. The van der Waals surface area contributed by atoms with Gasteiger partial charge in [0.15, 0.2) is 11.5 Å². The largest absolute Gasteiger partial charge is 0.493 e. The average Bonchev–Trinajstić information content (AvgIpc) is 2.45. The Morgan fingerprint density at radius 2 is 1.70 bits per heavy atom. The van der Waals surface area contributed by atoms with Gasteiger partial charge in [0, 0.05) is 17.5 Å². The predicted octanol–water partition coefficient (Wildman–Crippen LogP) is 3.94. The van der Waals surface area contributed by atoms with E-state index in [1.165, 1.54) is 0 Å². The Kier molecular flexibility index (Phi) is 4.45. The maximum absolute atomic E-state index is 6.07. The van der Waals surface area contributed by atoms with E-state index in [0.717, 1.165) is 17.1 Å². The molecular weight excluding hydrogens is 276 g/mol. The third kappa shape index (κ3) is 3.02. The Morgan fingerprint density at radius 3 is 2.30 bits per heavy atom. The van der Waals surface area contributed by atoms with E-state index in [4.69, 9.17) is 21.1 Å². The molecule has 0 fully saturated rings. The number of halogens is 1. The fraction of sp³-hybridized carbons (Fsp3) is 0.333. The molecule has 2 rings (SSSR count). The van der Waals surface area contributed by atoms with E-state index in [9.17, 15) is 0 Å². The number of nitrogens with zero attached hydrogens (tertiary/aromatic N) is 2. The first-order valence-corrected chi connectivity index (χ1v) is 6.69. The third-order valence-electron chi connectivity index (χ3n) is 2.91. The summed E-state index contributed by atoms with van der Waals surface area (Å²) in [5.74, 6) is 2.28. The number of methoxy groups -OCH3 is 2. The Labute approximate surface area is 123 Å². The number of ether oxygens (including phenoxy) is 2. The van der Waals surface area contributed by atoms with Crippen molar-refractivity contribution in [3.63, 3.8) is 0 Å². The molecule has 0 saturated carbocycles. The van der Waals surface area contributed by atoms with Gasteiger partial charge in [-0.25, -0.2) is 9.97 Å². The minimum absolute atomic E-state index is 0.215. The molecular formula is C15H17ClN2O2. The molecule has 0 N–H and O–H groups in total. The van der Waals surface area contributed by atoms with Crippen LogP contribution in [0.25, 0.3) is 11.3 Å². The molecule has 1 heterocycles. The van der Waals surface area contributed by atoms with Gasteiger partial charge in [-0.15, -0.1) is 0 Å². The van der Waals surface area contributed by atoms with E-state index in [0.29, 0.717) is 16.7 Å².